The molecule has 41 heavy (non-hydrogen) atoms. The molecular weight excluding hydrogens is 534 g/mol. The van der Waals surface area contributed by atoms with Gasteiger partial charge in [0, 0.05) is 37.7 Å². The Hall–Kier alpha value is -4.18. The molecule has 0 saturated carbocycles. The van der Waals surface area contributed by atoms with Crippen LogP contribution in [0, 0.1) is 20.8 Å². The van der Waals surface area contributed by atoms with E-state index in [1.165, 1.54) is 11.3 Å². The highest BCUT2D eigenvalue weighted by Crippen LogP contribution is 2.27. The maximum Gasteiger partial charge on any atom is 0.324 e. The van der Waals surface area contributed by atoms with Crippen LogP contribution in [-0.4, -0.2) is 57.8 Å². The van der Waals surface area contributed by atoms with Gasteiger partial charge in [0.15, 0.2) is 0 Å². The summed E-state index contributed by atoms with van der Waals surface area (Å²) in [5.41, 5.74) is 5.31. The number of amides is 3. The molecule has 3 amide bonds. The van der Waals surface area contributed by atoms with Gasteiger partial charge in [-0.15, -0.1) is 11.3 Å². The van der Waals surface area contributed by atoms with Crippen molar-refractivity contribution in [3.8, 4) is 5.69 Å². The van der Waals surface area contributed by atoms with Crippen LogP contribution in [0.15, 0.2) is 54.0 Å². The third-order valence-corrected chi connectivity index (χ3v) is 8.23. The second kappa shape index (κ2) is 11.4. The molecule has 1 aliphatic heterocycles. The van der Waals surface area contributed by atoms with Crippen LogP contribution < -0.4 is 15.5 Å². The molecule has 0 bridgehead atoms. The van der Waals surface area contributed by atoms with E-state index in [1.54, 1.807) is 10.9 Å². The van der Waals surface area contributed by atoms with Crippen molar-refractivity contribution in [3.05, 3.63) is 81.3 Å². The first kappa shape index (κ1) is 28.4. The monoisotopic (exact) mass is 571 g/mol. The van der Waals surface area contributed by atoms with E-state index in [0.29, 0.717) is 37.7 Å². The van der Waals surface area contributed by atoms with Crippen LogP contribution in [0.25, 0.3) is 5.69 Å². The van der Waals surface area contributed by atoms with E-state index in [4.69, 9.17) is 5.10 Å². The summed E-state index contributed by atoms with van der Waals surface area (Å²) in [6.07, 6.45) is 1.67. The van der Waals surface area contributed by atoms with Crippen molar-refractivity contribution < 1.29 is 9.59 Å². The topological polar surface area (TPSA) is 95.4 Å². The van der Waals surface area contributed by atoms with E-state index in [-0.39, 0.29) is 17.4 Å². The molecule has 2 N–H and O–H groups in total. The molecule has 5 rings (SSSR count). The minimum atomic E-state index is -0.372. The molecule has 1 fully saturated rings. The molecule has 1 aliphatic rings. The number of piperazine rings is 1. The number of carbonyl (C=O) groups is 2. The summed E-state index contributed by atoms with van der Waals surface area (Å²) in [5.74, 6) is 1.55. The lowest BCUT2D eigenvalue weighted by atomic mass is 9.92. The highest BCUT2D eigenvalue weighted by molar-refractivity contribution is 7.12. The second-order valence-electron chi connectivity index (χ2n) is 11.6. The van der Waals surface area contributed by atoms with Crippen LogP contribution in [0.2, 0.25) is 0 Å². The molecule has 4 aromatic rings. The number of aryl methyl sites for hydroxylation is 3. The van der Waals surface area contributed by atoms with Gasteiger partial charge in [0.05, 0.1) is 28.1 Å². The number of nitrogens with one attached hydrogen (secondary N) is 2. The third-order valence-electron chi connectivity index (χ3n) is 7.23. The number of hydrogen-bond acceptors (Lipinski definition) is 6. The Balaban J connectivity index is 1.24. The average molecular weight is 572 g/mol. The lowest BCUT2D eigenvalue weighted by molar-refractivity contribution is 0.0750. The fraction of sp³-hybridized carbons (Fsp3) is 0.355. The van der Waals surface area contributed by atoms with Gasteiger partial charge in [0.2, 0.25) is 0 Å². The largest absolute Gasteiger partial charge is 0.353 e. The number of thiophene rings is 1. The Bertz CT molecular complexity index is 1560. The average Bonchev–Trinajstić information content (AvgIpc) is 3.55. The van der Waals surface area contributed by atoms with Crippen molar-refractivity contribution in [2.45, 2.75) is 47.0 Å². The summed E-state index contributed by atoms with van der Waals surface area (Å²) in [7, 11) is 0. The number of benzene rings is 1. The molecule has 9 nitrogen and oxygen atoms in total. The van der Waals surface area contributed by atoms with Gasteiger partial charge in [-0.3, -0.25) is 10.1 Å². The van der Waals surface area contributed by atoms with Crippen molar-refractivity contribution >= 4 is 40.6 Å². The van der Waals surface area contributed by atoms with Crippen LogP contribution in [0.3, 0.4) is 0 Å². The van der Waals surface area contributed by atoms with Crippen LogP contribution in [0.1, 0.15) is 52.8 Å². The molecular formula is C31H37N7O2S. The molecule has 0 atom stereocenters. The summed E-state index contributed by atoms with van der Waals surface area (Å²) >= 11 is 1.50. The second-order valence-corrected chi connectivity index (χ2v) is 12.5. The summed E-state index contributed by atoms with van der Waals surface area (Å²) in [5, 5.41) is 12.6. The SMILES string of the molecule is Cc1ccc(-n2nc(C(C)(C)C)cc2NC(=O)Nc2cnc(N3CCN(C(=O)c4sccc4C)CC3)c(C)c2)cc1. The van der Waals surface area contributed by atoms with Crippen LogP contribution in [0.4, 0.5) is 22.1 Å². The number of rotatable bonds is 5. The van der Waals surface area contributed by atoms with Crippen molar-refractivity contribution in [3.63, 3.8) is 0 Å². The van der Waals surface area contributed by atoms with E-state index in [1.807, 2.05) is 73.5 Å². The molecule has 0 aliphatic carbocycles. The fourth-order valence-corrected chi connectivity index (χ4v) is 5.71. The predicted octanol–water partition coefficient (Wildman–Crippen LogP) is 6.16. The quantitative estimate of drug-likeness (QED) is 0.299. The minimum absolute atomic E-state index is 0.103. The third kappa shape index (κ3) is 6.27. The summed E-state index contributed by atoms with van der Waals surface area (Å²) in [6, 6.07) is 13.5. The van der Waals surface area contributed by atoms with Crippen molar-refractivity contribution in [1.82, 2.24) is 19.7 Å². The van der Waals surface area contributed by atoms with E-state index in [0.717, 1.165) is 38.8 Å². The molecule has 1 saturated heterocycles. The van der Waals surface area contributed by atoms with Crippen LogP contribution >= 0.6 is 11.3 Å². The Morgan fingerprint density at radius 1 is 0.902 bits per heavy atom. The van der Waals surface area contributed by atoms with Gasteiger partial charge in [-0.1, -0.05) is 38.5 Å². The van der Waals surface area contributed by atoms with E-state index < -0.39 is 0 Å². The van der Waals surface area contributed by atoms with Crippen molar-refractivity contribution in [2.75, 3.05) is 41.7 Å². The highest BCUT2D eigenvalue weighted by atomic mass is 32.1. The fourth-order valence-electron chi connectivity index (χ4n) is 4.82. The van der Waals surface area contributed by atoms with E-state index in [9.17, 15) is 9.59 Å². The molecule has 3 aromatic heterocycles. The number of nitrogens with zero attached hydrogens (tertiary/aromatic N) is 5. The van der Waals surface area contributed by atoms with Gasteiger partial charge in [-0.05, 0) is 61.5 Å². The molecule has 214 valence electrons. The zero-order valence-electron chi connectivity index (χ0n) is 24.5. The Morgan fingerprint density at radius 3 is 2.22 bits per heavy atom. The normalized spacial score (nSPS) is 13.8. The van der Waals surface area contributed by atoms with Crippen LogP contribution in [-0.2, 0) is 5.41 Å². The zero-order chi connectivity index (χ0) is 29.3. The maximum absolute atomic E-state index is 13.1. The minimum Gasteiger partial charge on any atom is -0.353 e. The molecule has 0 radical (unpaired) electrons. The van der Waals surface area contributed by atoms with Gasteiger partial charge in [0.1, 0.15) is 11.6 Å². The lowest BCUT2D eigenvalue weighted by Gasteiger charge is -2.36. The Morgan fingerprint density at radius 2 is 1.61 bits per heavy atom. The maximum atomic E-state index is 13.1. The van der Waals surface area contributed by atoms with Gasteiger partial charge in [0.25, 0.3) is 5.91 Å². The first-order valence-corrected chi connectivity index (χ1v) is 14.7. The molecule has 0 unspecified atom stereocenters. The molecule has 4 heterocycles. The van der Waals surface area contributed by atoms with E-state index >= 15 is 0 Å². The highest BCUT2D eigenvalue weighted by Gasteiger charge is 2.26. The number of urea groups is 1. The summed E-state index contributed by atoms with van der Waals surface area (Å²) in [6.45, 7) is 15.0. The lowest BCUT2D eigenvalue weighted by Crippen LogP contribution is -2.49. The van der Waals surface area contributed by atoms with Crippen molar-refractivity contribution in [2.24, 2.45) is 0 Å². The van der Waals surface area contributed by atoms with Crippen molar-refractivity contribution in [1.29, 1.82) is 0 Å². The molecule has 10 heteroatoms. The Labute approximate surface area is 245 Å². The summed E-state index contributed by atoms with van der Waals surface area (Å²) < 4.78 is 1.76. The van der Waals surface area contributed by atoms with Gasteiger partial charge >= 0.3 is 6.03 Å². The Kier molecular flexibility index (Phi) is 7.86. The van der Waals surface area contributed by atoms with Gasteiger partial charge < -0.3 is 15.1 Å². The number of hydrogen-bond donors (Lipinski definition) is 2. The first-order chi connectivity index (χ1) is 19.5. The number of carbonyl (C=O) groups excluding carboxylic acids is 2. The number of aromatic nitrogens is 3. The standard InChI is InChI=1S/C31H37N7O2S/c1-20-7-9-24(10-8-20)38-26(18-25(35-38)31(4,5)6)34-30(40)33-23-17-22(3)28(32-19-23)36-12-14-37(15-13-36)29(39)27-21(2)11-16-41-27/h7-11,16-19H,12-15H2,1-6H3,(H2,33,34,40). The van der Waals surface area contributed by atoms with Crippen LogP contribution in [0.5, 0.6) is 0 Å². The van der Waals surface area contributed by atoms with Gasteiger partial charge in [-0.25, -0.2) is 14.5 Å². The number of pyridine rings is 1. The molecule has 0 spiro atoms. The summed E-state index contributed by atoms with van der Waals surface area (Å²) in [4.78, 5) is 35.5. The smallest absolute Gasteiger partial charge is 0.324 e. The van der Waals surface area contributed by atoms with E-state index in [2.05, 4.69) is 41.3 Å². The number of anilines is 3. The first-order valence-electron chi connectivity index (χ1n) is 13.8. The zero-order valence-corrected chi connectivity index (χ0v) is 25.3. The predicted molar refractivity (Wildman–Crippen MR) is 166 cm³/mol. The molecule has 1 aromatic carbocycles. The van der Waals surface area contributed by atoms with Gasteiger partial charge in [-0.2, -0.15) is 5.10 Å².